The fourth-order valence-electron chi connectivity index (χ4n) is 2.95. The summed E-state index contributed by atoms with van der Waals surface area (Å²) in [6.07, 6.45) is -3.15. The van der Waals surface area contributed by atoms with E-state index in [-0.39, 0.29) is 37.3 Å². The van der Waals surface area contributed by atoms with Gasteiger partial charge in [-0.3, -0.25) is 14.1 Å². The summed E-state index contributed by atoms with van der Waals surface area (Å²) in [6.45, 7) is 2.37. The number of hydrogen-bond donors (Lipinski definition) is 0. The maximum atomic E-state index is 12.5. The molecule has 11 heteroatoms. The summed E-state index contributed by atoms with van der Waals surface area (Å²) in [7, 11) is 1.74. The number of rotatable bonds is 6. The standard InChI is InChI=1S/C22H19ClF3N3O3.ClH/c1-3-31-21(30)14-28(2)13-18-19(29-12-16(23)8-10-20(29)27-18)9-7-15-5-4-6-17(11-15)32-22(24,25)26;/h4-6,8,10-12H,3,13-14H2,1-2H3;1H. The van der Waals surface area contributed by atoms with E-state index in [1.165, 1.54) is 18.2 Å². The number of esters is 1. The van der Waals surface area contributed by atoms with E-state index in [9.17, 15) is 18.0 Å². The molecule has 1 aromatic carbocycles. The van der Waals surface area contributed by atoms with Crippen molar-refractivity contribution in [3.8, 4) is 17.6 Å². The summed E-state index contributed by atoms with van der Waals surface area (Å²) in [5.74, 6) is 5.09. The number of benzene rings is 1. The lowest BCUT2D eigenvalue weighted by Crippen LogP contribution is -2.27. The number of aromatic nitrogens is 2. The van der Waals surface area contributed by atoms with Crippen LogP contribution in [0.5, 0.6) is 5.75 Å². The first kappa shape index (κ1) is 26.3. The number of likely N-dealkylation sites (N-methyl/N-ethyl adjacent to an activating group) is 1. The first-order valence-corrected chi connectivity index (χ1v) is 9.91. The topological polar surface area (TPSA) is 56.1 Å². The summed E-state index contributed by atoms with van der Waals surface area (Å²) in [5.41, 5.74) is 2.00. The molecule has 2 aromatic heterocycles. The molecule has 0 radical (unpaired) electrons. The van der Waals surface area contributed by atoms with Gasteiger partial charge in [-0.1, -0.05) is 23.6 Å². The lowest BCUT2D eigenvalue weighted by molar-refractivity contribution is -0.274. The monoisotopic (exact) mass is 501 g/mol. The molecule has 176 valence electrons. The minimum absolute atomic E-state index is 0. The molecule has 3 aromatic rings. The van der Waals surface area contributed by atoms with Crippen LogP contribution < -0.4 is 4.74 Å². The van der Waals surface area contributed by atoms with E-state index in [1.807, 2.05) is 0 Å². The minimum Gasteiger partial charge on any atom is -0.465 e. The molecule has 2 heterocycles. The van der Waals surface area contributed by atoms with Crippen LogP contribution in [0, 0.1) is 11.8 Å². The van der Waals surface area contributed by atoms with Gasteiger partial charge in [-0.25, -0.2) is 4.98 Å². The zero-order chi connectivity index (χ0) is 23.3. The Morgan fingerprint density at radius 3 is 2.70 bits per heavy atom. The highest BCUT2D eigenvalue weighted by Crippen LogP contribution is 2.23. The Balaban J connectivity index is 0.00000385. The number of carbonyl (C=O) groups excluding carboxylic acids is 1. The van der Waals surface area contributed by atoms with Crippen LogP contribution in [0.1, 0.15) is 23.9 Å². The molecule has 0 saturated heterocycles. The van der Waals surface area contributed by atoms with Gasteiger partial charge in [0, 0.05) is 18.3 Å². The lowest BCUT2D eigenvalue weighted by Gasteiger charge is -2.14. The number of imidazole rings is 1. The third kappa shape index (κ3) is 7.56. The molecule has 6 nitrogen and oxygen atoms in total. The average molecular weight is 502 g/mol. The first-order chi connectivity index (χ1) is 15.1. The van der Waals surface area contributed by atoms with Crippen molar-refractivity contribution >= 4 is 35.6 Å². The van der Waals surface area contributed by atoms with Gasteiger partial charge >= 0.3 is 12.3 Å². The molecule has 0 fully saturated rings. The summed E-state index contributed by atoms with van der Waals surface area (Å²) < 4.78 is 48.1. The van der Waals surface area contributed by atoms with Crippen LogP contribution in [0.15, 0.2) is 42.6 Å². The zero-order valence-corrected chi connectivity index (χ0v) is 19.2. The summed E-state index contributed by atoms with van der Waals surface area (Å²) in [4.78, 5) is 18.0. The molecule has 0 atom stereocenters. The molecule has 0 aliphatic heterocycles. The highest BCUT2D eigenvalue weighted by Gasteiger charge is 2.31. The second-order valence-corrected chi connectivity index (χ2v) is 7.22. The largest absolute Gasteiger partial charge is 0.573 e. The van der Waals surface area contributed by atoms with Gasteiger partial charge in [0.05, 0.1) is 23.9 Å². The number of alkyl halides is 3. The van der Waals surface area contributed by atoms with Gasteiger partial charge in [0.1, 0.15) is 17.1 Å². The van der Waals surface area contributed by atoms with Crippen molar-refractivity contribution in [1.29, 1.82) is 0 Å². The van der Waals surface area contributed by atoms with Gasteiger partial charge in [0.2, 0.25) is 0 Å². The van der Waals surface area contributed by atoms with Crippen LogP contribution in [-0.4, -0.2) is 46.8 Å². The van der Waals surface area contributed by atoms with E-state index < -0.39 is 6.36 Å². The average Bonchev–Trinajstić information content (AvgIpc) is 3.01. The first-order valence-electron chi connectivity index (χ1n) is 9.53. The van der Waals surface area contributed by atoms with Gasteiger partial charge in [0.25, 0.3) is 0 Å². The SMILES string of the molecule is CCOC(=O)CN(C)Cc1nc2ccc(Cl)cn2c1C#Cc1cccc(OC(F)(F)F)c1.Cl. The molecule has 3 rings (SSSR count). The summed E-state index contributed by atoms with van der Waals surface area (Å²) >= 11 is 6.12. The fourth-order valence-corrected chi connectivity index (χ4v) is 3.11. The maximum Gasteiger partial charge on any atom is 0.573 e. The molecule has 0 aliphatic carbocycles. The van der Waals surface area contributed by atoms with Crippen LogP contribution in [0.4, 0.5) is 13.2 Å². The molecular weight excluding hydrogens is 482 g/mol. The predicted molar refractivity (Wildman–Crippen MR) is 120 cm³/mol. The third-order valence-corrected chi connectivity index (χ3v) is 4.40. The smallest absolute Gasteiger partial charge is 0.465 e. The fraction of sp³-hybridized carbons (Fsp3) is 0.273. The predicted octanol–water partition coefficient (Wildman–Crippen LogP) is 4.70. The number of ether oxygens (including phenoxy) is 2. The zero-order valence-electron chi connectivity index (χ0n) is 17.6. The van der Waals surface area contributed by atoms with Crippen molar-refractivity contribution in [1.82, 2.24) is 14.3 Å². The quantitative estimate of drug-likeness (QED) is 0.361. The molecule has 0 amide bonds. The Morgan fingerprint density at radius 2 is 2.00 bits per heavy atom. The summed E-state index contributed by atoms with van der Waals surface area (Å²) in [5, 5.41) is 0.463. The second-order valence-electron chi connectivity index (χ2n) is 6.79. The molecule has 0 bridgehead atoms. The number of fused-ring (bicyclic) bond motifs is 1. The highest BCUT2D eigenvalue weighted by molar-refractivity contribution is 6.30. The number of pyridine rings is 1. The van der Waals surface area contributed by atoms with Crippen LogP contribution in [-0.2, 0) is 16.1 Å². The van der Waals surface area contributed by atoms with Crippen molar-refractivity contribution in [2.24, 2.45) is 0 Å². The van der Waals surface area contributed by atoms with E-state index in [2.05, 4.69) is 21.6 Å². The van der Waals surface area contributed by atoms with Gasteiger partial charge in [-0.05, 0) is 50.2 Å². The summed E-state index contributed by atoms with van der Waals surface area (Å²) in [6, 6.07) is 8.79. The minimum atomic E-state index is -4.79. The van der Waals surface area contributed by atoms with Gasteiger partial charge in [-0.15, -0.1) is 25.6 Å². The highest BCUT2D eigenvalue weighted by atomic mass is 35.5. The van der Waals surface area contributed by atoms with Crippen molar-refractivity contribution in [2.45, 2.75) is 19.8 Å². The molecular formula is C22H20Cl2F3N3O3. The van der Waals surface area contributed by atoms with Crippen LogP contribution in [0.2, 0.25) is 5.02 Å². The van der Waals surface area contributed by atoms with Crippen LogP contribution in [0.25, 0.3) is 5.65 Å². The number of nitrogens with zero attached hydrogens (tertiary/aromatic N) is 3. The number of carbonyl (C=O) groups is 1. The molecule has 0 saturated carbocycles. The van der Waals surface area contributed by atoms with Crippen LogP contribution in [0.3, 0.4) is 0 Å². The van der Waals surface area contributed by atoms with Crippen molar-refractivity contribution < 1.29 is 27.4 Å². The third-order valence-electron chi connectivity index (χ3n) is 4.17. The van der Waals surface area contributed by atoms with Crippen molar-refractivity contribution in [3.63, 3.8) is 0 Å². The van der Waals surface area contributed by atoms with Gasteiger partial charge in [0.15, 0.2) is 0 Å². The second kappa shape index (κ2) is 11.3. The molecule has 0 unspecified atom stereocenters. The normalized spacial score (nSPS) is 11.0. The number of halogens is 5. The Hall–Kier alpha value is -2.93. The Labute approximate surface area is 199 Å². The van der Waals surface area contributed by atoms with Gasteiger partial charge < -0.3 is 9.47 Å². The van der Waals surface area contributed by atoms with E-state index >= 15 is 0 Å². The van der Waals surface area contributed by atoms with E-state index in [1.54, 1.807) is 47.7 Å². The van der Waals surface area contributed by atoms with Crippen LogP contribution >= 0.6 is 24.0 Å². The molecule has 0 aliphatic rings. The Kier molecular flexibility index (Phi) is 8.99. The van der Waals surface area contributed by atoms with Crippen molar-refractivity contribution in [2.75, 3.05) is 20.2 Å². The number of hydrogen-bond acceptors (Lipinski definition) is 5. The van der Waals surface area contributed by atoms with E-state index in [4.69, 9.17) is 16.3 Å². The van der Waals surface area contributed by atoms with Gasteiger partial charge in [-0.2, -0.15) is 0 Å². The molecule has 0 N–H and O–H groups in total. The lowest BCUT2D eigenvalue weighted by atomic mass is 10.2. The molecule has 33 heavy (non-hydrogen) atoms. The van der Waals surface area contributed by atoms with E-state index in [0.717, 1.165) is 0 Å². The Morgan fingerprint density at radius 1 is 1.24 bits per heavy atom. The maximum absolute atomic E-state index is 12.5. The van der Waals surface area contributed by atoms with Crippen molar-refractivity contribution in [3.05, 3.63) is 64.6 Å². The Bertz CT molecular complexity index is 1190. The van der Waals surface area contributed by atoms with E-state index in [0.29, 0.717) is 34.2 Å². The molecule has 0 spiro atoms.